The minimum absolute atomic E-state index is 0.330. The van der Waals surface area contributed by atoms with Gasteiger partial charge in [0.15, 0.2) is 0 Å². The highest BCUT2D eigenvalue weighted by Crippen LogP contribution is 2.25. The SMILES string of the molecule is CCCNC(Cc1cc(Br)cs1)c1cc(C)nn1C. The van der Waals surface area contributed by atoms with E-state index < -0.39 is 0 Å². The number of aromatic nitrogens is 2. The van der Waals surface area contributed by atoms with E-state index in [0.717, 1.165) is 25.1 Å². The summed E-state index contributed by atoms with van der Waals surface area (Å²) in [6.45, 7) is 5.27. The molecule has 0 radical (unpaired) electrons. The van der Waals surface area contributed by atoms with Gasteiger partial charge >= 0.3 is 0 Å². The predicted molar refractivity (Wildman–Crippen MR) is 84.7 cm³/mol. The van der Waals surface area contributed by atoms with Crippen molar-refractivity contribution in [2.24, 2.45) is 7.05 Å². The van der Waals surface area contributed by atoms with Gasteiger partial charge in [0.1, 0.15) is 0 Å². The van der Waals surface area contributed by atoms with E-state index >= 15 is 0 Å². The van der Waals surface area contributed by atoms with E-state index in [1.165, 1.54) is 15.0 Å². The van der Waals surface area contributed by atoms with Crippen LogP contribution in [0.4, 0.5) is 0 Å². The summed E-state index contributed by atoms with van der Waals surface area (Å²) in [4.78, 5) is 1.39. The van der Waals surface area contributed by atoms with Gasteiger partial charge in [-0.1, -0.05) is 6.92 Å². The molecule has 1 N–H and O–H groups in total. The smallest absolute Gasteiger partial charge is 0.0597 e. The van der Waals surface area contributed by atoms with Crippen molar-refractivity contribution in [3.63, 3.8) is 0 Å². The van der Waals surface area contributed by atoms with Gasteiger partial charge in [-0.15, -0.1) is 11.3 Å². The zero-order valence-corrected chi connectivity index (χ0v) is 14.0. The standard InChI is InChI=1S/C14H20BrN3S/c1-4-5-16-13(8-12-7-11(15)9-19-12)14-6-10(2)17-18(14)3/h6-7,9,13,16H,4-5,8H2,1-3H3. The van der Waals surface area contributed by atoms with E-state index in [2.05, 4.69) is 50.8 Å². The maximum atomic E-state index is 4.46. The van der Waals surface area contributed by atoms with Crippen molar-refractivity contribution in [3.05, 3.63) is 38.3 Å². The molecule has 0 bridgehead atoms. The Kier molecular flexibility index (Phi) is 5.19. The molecule has 104 valence electrons. The fraction of sp³-hybridized carbons (Fsp3) is 0.500. The number of nitrogens with one attached hydrogen (secondary N) is 1. The molecule has 19 heavy (non-hydrogen) atoms. The topological polar surface area (TPSA) is 29.9 Å². The lowest BCUT2D eigenvalue weighted by Crippen LogP contribution is -2.25. The molecular weight excluding hydrogens is 322 g/mol. The van der Waals surface area contributed by atoms with E-state index in [9.17, 15) is 0 Å². The molecule has 0 saturated heterocycles. The number of thiophene rings is 1. The molecule has 2 rings (SSSR count). The van der Waals surface area contributed by atoms with Crippen LogP contribution < -0.4 is 5.32 Å². The average molecular weight is 342 g/mol. The number of aryl methyl sites for hydroxylation is 2. The van der Waals surface area contributed by atoms with Gasteiger partial charge in [0.25, 0.3) is 0 Å². The van der Waals surface area contributed by atoms with Crippen LogP contribution in [0.5, 0.6) is 0 Å². The van der Waals surface area contributed by atoms with Gasteiger partial charge in [-0.2, -0.15) is 5.10 Å². The zero-order chi connectivity index (χ0) is 13.8. The molecule has 0 aliphatic heterocycles. The van der Waals surface area contributed by atoms with Crippen LogP contribution in [-0.2, 0) is 13.5 Å². The normalized spacial score (nSPS) is 12.8. The number of hydrogen-bond acceptors (Lipinski definition) is 3. The van der Waals surface area contributed by atoms with Crippen molar-refractivity contribution in [2.75, 3.05) is 6.54 Å². The molecule has 1 unspecified atom stereocenters. The molecule has 5 heteroatoms. The third kappa shape index (κ3) is 3.91. The summed E-state index contributed by atoms with van der Waals surface area (Å²) >= 11 is 5.32. The van der Waals surface area contributed by atoms with Crippen molar-refractivity contribution >= 4 is 27.3 Å². The lowest BCUT2D eigenvalue weighted by Gasteiger charge is -2.18. The second-order valence-corrected chi connectivity index (χ2v) is 6.69. The Labute approximate surface area is 127 Å². The average Bonchev–Trinajstić information content (AvgIpc) is 2.91. The summed E-state index contributed by atoms with van der Waals surface area (Å²) in [5, 5.41) is 10.2. The maximum Gasteiger partial charge on any atom is 0.0597 e. The van der Waals surface area contributed by atoms with Crippen LogP contribution in [-0.4, -0.2) is 16.3 Å². The van der Waals surface area contributed by atoms with Crippen molar-refractivity contribution in [1.82, 2.24) is 15.1 Å². The Bertz CT molecular complexity index is 533. The van der Waals surface area contributed by atoms with Gasteiger partial charge in [-0.3, -0.25) is 4.68 Å². The van der Waals surface area contributed by atoms with Crippen LogP contribution in [0.15, 0.2) is 22.0 Å². The van der Waals surface area contributed by atoms with Gasteiger partial charge in [0.2, 0.25) is 0 Å². The predicted octanol–water partition coefficient (Wildman–Crippen LogP) is 3.84. The van der Waals surface area contributed by atoms with Gasteiger partial charge in [-0.25, -0.2) is 0 Å². The van der Waals surface area contributed by atoms with Gasteiger partial charge < -0.3 is 5.32 Å². The minimum atomic E-state index is 0.330. The van der Waals surface area contributed by atoms with Gasteiger partial charge in [-0.05, 0) is 48.0 Å². The Morgan fingerprint density at radius 2 is 2.26 bits per heavy atom. The summed E-state index contributed by atoms with van der Waals surface area (Å²) in [7, 11) is 2.02. The first-order chi connectivity index (χ1) is 9.10. The Hall–Kier alpha value is -0.650. The van der Waals surface area contributed by atoms with Gasteiger partial charge in [0, 0.05) is 28.2 Å². The zero-order valence-electron chi connectivity index (χ0n) is 11.6. The summed E-state index contributed by atoms with van der Waals surface area (Å²) in [5.74, 6) is 0. The van der Waals surface area contributed by atoms with Crippen molar-refractivity contribution in [3.8, 4) is 0 Å². The quantitative estimate of drug-likeness (QED) is 0.865. The highest BCUT2D eigenvalue weighted by Gasteiger charge is 2.17. The second kappa shape index (κ2) is 6.68. The third-order valence-electron chi connectivity index (χ3n) is 3.06. The lowest BCUT2D eigenvalue weighted by molar-refractivity contribution is 0.495. The Morgan fingerprint density at radius 3 is 2.79 bits per heavy atom. The first kappa shape index (κ1) is 14.8. The van der Waals surface area contributed by atoms with Gasteiger partial charge in [0.05, 0.1) is 17.4 Å². The molecule has 2 aromatic rings. The Balaban J connectivity index is 2.18. The summed E-state index contributed by atoms with van der Waals surface area (Å²) in [6.07, 6.45) is 2.15. The maximum absolute atomic E-state index is 4.46. The first-order valence-corrected chi connectivity index (χ1v) is 8.24. The molecule has 0 spiro atoms. The largest absolute Gasteiger partial charge is 0.308 e. The van der Waals surface area contributed by atoms with Crippen LogP contribution in [0, 0.1) is 6.92 Å². The molecule has 2 heterocycles. The molecule has 0 aliphatic carbocycles. The van der Waals surface area contributed by atoms with Crippen molar-refractivity contribution < 1.29 is 0 Å². The van der Waals surface area contributed by atoms with Crippen molar-refractivity contribution in [2.45, 2.75) is 32.7 Å². The lowest BCUT2D eigenvalue weighted by atomic mass is 10.1. The van der Waals surface area contributed by atoms with E-state index in [1.807, 2.05) is 18.7 Å². The van der Waals surface area contributed by atoms with Crippen LogP contribution in [0.3, 0.4) is 0 Å². The van der Waals surface area contributed by atoms with Crippen LogP contribution in [0.2, 0.25) is 0 Å². The van der Waals surface area contributed by atoms with E-state index in [4.69, 9.17) is 0 Å². The van der Waals surface area contributed by atoms with E-state index in [1.54, 1.807) is 11.3 Å². The van der Waals surface area contributed by atoms with Crippen molar-refractivity contribution in [1.29, 1.82) is 0 Å². The molecule has 0 saturated carbocycles. The Morgan fingerprint density at radius 1 is 1.47 bits per heavy atom. The molecule has 0 amide bonds. The van der Waals surface area contributed by atoms with E-state index in [0.29, 0.717) is 6.04 Å². The molecule has 1 atom stereocenters. The number of rotatable bonds is 6. The van der Waals surface area contributed by atoms with Crippen LogP contribution in [0.1, 0.15) is 35.7 Å². The molecule has 0 aliphatic rings. The van der Waals surface area contributed by atoms with E-state index in [-0.39, 0.29) is 0 Å². The fourth-order valence-corrected chi connectivity index (χ4v) is 3.72. The van der Waals surface area contributed by atoms with Crippen LogP contribution in [0.25, 0.3) is 0 Å². The van der Waals surface area contributed by atoms with Crippen LogP contribution >= 0.6 is 27.3 Å². The molecule has 2 aromatic heterocycles. The highest BCUT2D eigenvalue weighted by molar-refractivity contribution is 9.10. The summed E-state index contributed by atoms with van der Waals surface area (Å²) in [5.41, 5.74) is 2.34. The fourth-order valence-electron chi connectivity index (χ4n) is 2.22. The monoisotopic (exact) mass is 341 g/mol. The molecule has 0 aromatic carbocycles. The summed E-state index contributed by atoms with van der Waals surface area (Å²) in [6, 6.07) is 4.71. The molecular formula is C14H20BrN3S. The number of halogens is 1. The molecule has 3 nitrogen and oxygen atoms in total. The highest BCUT2D eigenvalue weighted by atomic mass is 79.9. The molecule has 0 fully saturated rings. The third-order valence-corrected chi connectivity index (χ3v) is 4.78. The second-order valence-electron chi connectivity index (χ2n) is 4.78. The number of nitrogens with zero attached hydrogens (tertiary/aromatic N) is 2. The number of hydrogen-bond donors (Lipinski definition) is 1. The summed E-state index contributed by atoms with van der Waals surface area (Å²) < 4.78 is 3.16. The minimum Gasteiger partial charge on any atom is -0.308 e. The first-order valence-electron chi connectivity index (χ1n) is 6.57.